The molecule has 1 N–H and O–H groups in total. The minimum Gasteiger partial charge on any atom is -0.457 e. The Morgan fingerprint density at radius 3 is 2.47 bits per heavy atom. The highest BCUT2D eigenvalue weighted by atomic mass is 19.1. The molecule has 3 aromatic heterocycles. The van der Waals surface area contributed by atoms with Crippen LogP contribution in [0.3, 0.4) is 0 Å². The second-order valence-electron chi connectivity index (χ2n) is 10.6. The molecule has 0 spiro atoms. The summed E-state index contributed by atoms with van der Waals surface area (Å²) in [5.74, 6) is 1.31. The number of aromatic amines is 1. The SMILES string of the molecule is CC1(C)c2cccc3c4ccc(Oc5ccc(F)c(-c6ncc[nH]6)c5)cc4c4ncc(n4c23)C1(C)C. The van der Waals surface area contributed by atoms with E-state index in [1.807, 2.05) is 18.3 Å². The first-order valence-corrected chi connectivity index (χ1v) is 12.1. The lowest BCUT2D eigenvalue weighted by molar-refractivity contribution is 0.288. The zero-order chi connectivity index (χ0) is 24.8. The average molecular weight is 477 g/mol. The van der Waals surface area contributed by atoms with E-state index in [1.165, 1.54) is 28.2 Å². The van der Waals surface area contributed by atoms with Crippen molar-refractivity contribution in [2.75, 3.05) is 0 Å². The second-order valence-corrected chi connectivity index (χ2v) is 10.6. The summed E-state index contributed by atoms with van der Waals surface area (Å²) in [5, 5.41) is 3.35. The van der Waals surface area contributed by atoms with Gasteiger partial charge in [0.1, 0.15) is 28.8 Å². The van der Waals surface area contributed by atoms with Crippen molar-refractivity contribution in [3.63, 3.8) is 0 Å². The summed E-state index contributed by atoms with van der Waals surface area (Å²) in [4.78, 5) is 12.0. The van der Waals surface area contributed by atoms with Gasteiger partial charge in [0.2, 0.25) is 0 Å². The van der Waals surface area contributed by atoms with Gasteiger partial charge in [-0.05, 0) is 47.3 Å². The molecule has 0 unspecified atom stereocenters. The van der Waals surface area contributed by atoms with Gasteiger partial charge >= 0.3 is 0 Å². The van der Waals surface area contributed by atoms with Gasteiger partial charge in [-0.1, -0.05) is 45.9 Å². The van der Waals surface area contributed by atoms with E-state index in [0.29, 0.717) is 22.9 Å². The molecule has 36 heavy (non-hydrogen) atoms. The third kappa shape index (κ3) is 2.64. The van der Waals surface area contributed by atoms with Crippen LogP contribution in [0.15, 0.2) is 73.2 Å². The van der Waals surface area contributed by atoms with E-state index in [0.717, 1.165) is 16.4 Å². The number of hydrogen-bond acceptors (Lipinski definition) is 3. The molecule has 0 aliphatic carbocycles. The van der Waals surface area contributed by atoms with E-state index in [-0.39, 0.29) is 16.6 Å². The number of ether oxygens (including phenoxy) is 1. The number of hydrogen-bond donors (Lipinski definition) is 1. The second kappa shape index (κ2) is 6.94. The summed E-state index contributed by atoms with van der Waals surface area (Å²) in [6.45, 7) is 9.25. The van der Waals surface area contributed by atoms with Gasteiger partial charge in [0, 0.05) is 45.9 Å². The number of nitrogens with zero attached hydrogens (tertiary/aromatic N) is 3. The molecule has 4 heterocycles. The Kier molecular flexibility index (Phi) is 4.07. The predicted molar refractivity (Wildman–Crippen MR) is 140 cm³/mol. The van der Waals surface area contributed by atoms with Crippen LogP contribution in [0.2, 0.25) is 0 Å². The number of H-pyrrole nitrogens is 1. The molecule has 3 aromatic carbocycles. The van der Waals surface area contributed by atoms with E-state index >= 15 is 0 Å². The fourth-order valence-electron chi connectivity index (χ4n) is 5.68. The van der Waals surface area contributed by atoms with Crippen molar-refractivity contribution >= 4 is 27.3 Å². The number of benzene rings is 3. The maximum absolute atomic E-state index is 14.4. The van der Waals surface area contributed by atoms with Gasteiger partial charge in [0.25, 0.3) is 0 Å². The third-order valence-corrected chi connectivity index (χ3v) is 8.35. The Bertz CT molecular complexity index is 1830. The van der Waals surface area contributed by atoms with Crippen molar-refractivity contribution in [3.8, 4) is 22.9 Å². The first-order chi connectivity index (χ1) is 17.3. The summed E-state index contributed by atoms with van der Waals surface area (Å²) in [5.41, 5.74) is 4.90. The highest BCUT2D eigenvalue weighted by Crippen LogP contribution is 2.51. The number of fused-ring (bicyclic) bond motifs is 3. The summed E-state index contributed by atoms with van der Waals surface area (Å²) >= 11 is 0. The molecular weight excluding hydrogens is 451 g/mol. The van der Waals surface area contributed by atoms with Gasteiger partial charge in [-0.3, -0.25) is 4.40 Å². The van der Waals surface area contributed by atoms with Crippen LogP contribution < -0.4 is 4.74 Å². The number of aromatic nitrogens is 4. The standard InChI is InChI=1S/C30H25FN4O/c1-29(2)23-7-5-6-20-19-10-8-17(36-18-9-11-24(31)22(15-18)27-32-12-13-33-27)14-21(19)28-34-16-25(30(29,3)4)35(28)26(20)23/h5-16H,1-4H3,(H,32,33). The molecule has 0 saturated heterocycles. The highest BCUT2D eigenvalue weighted by Gasteiger charge is 2.46. The summed E-state index contributed by atoms with van der Waals surface area (Å²) < 4.78 is 23.0. The van der Waals surface area contributed by atoms with E-state index in [1.54, 1.807) is 24.5 Å². The maximum atomic E-state index is 14.4. The quantitative estimate of drug-likeness (QED) is 0.269. The molecule has 0 radical (unpaired) electrons. The number of nitrogens with one attached hydrogen (secondary N) is 1. The molecule has 6 aromatic rings. The van der Waals surface area contributed by atoms with Crippen molar-refractivity contribution < 1.29 is 9.13 Å². The molecule has 0 saturated carbocycles. The van der Waals surface area contributed by atoms with Crippen molar-refractivity contribution in [1.82, 2.24) is 19.4 Å². The predicted octanol–water partition coefficient (Wildman–Crippen LogP) is 7.53. The zero-order valence-corrected chi connectivity index (χ0v) is 20.6. The fourth-order valence-corrected chi connectivity index (χ4v) is 5.68. The first kappa shape index (κ1) is 21.1. The van der Waals surface area contributed by atoms with Crippen LogP contribution in [0.4, 0.5) is 4.39 Å². The van der Waals surface area contributed by atoms with E-state index in [2.05, 4.69) is 66.3 Å². The monoisotopic (exact) mass is 476 g/mol. The first-order valence-electron chi connectivity index (χ1n) is 12.1. The van der Waals surface area contributed by atoms with E-state index < -0.39 is 0 Å². The molecule has 0 amide bonds. The maximum Gasteiger partial charge on any atom is 0.145 e. The number of imidazole rings is 2. The Morgan fingerprint density at radius 2 is 1.67 bits per heavy atom. The Labute approximate surface area is 207 Å². The van der Waals surface area contributed by atoms with Crippen LogP contribution in [-0.2, 0) is 10.8 Å². The lowest BCUT2D eigenvalue weighted by atomic mass is 9.61. The molecule has 0 atom stereocenters. The van der Waals surface area contributed by atoms with Crippen LogP contribution >= 0.6 is 0 Å². The van der Waals surface area contributed by atoms with E-state index in [4.69, 9.17) is 9.72 Å². The molecule has 5 nitrogen and oxygen atoms in total. The molecule has 6 heteroatoms. The van der Waals surface area contributed by atoms with Gasteiger partial charge in [0.15, 0.2) is 0 Å². The largest absolute Gasteiger partial charge is 0.457 e. The normalized spacial score (nSPS) is 15.8. The van der Waals surface area contributed by atoms with Crippen LogP contribution in [0.5, 0.6) is 11.5 Å². The fraction of sp³-hybridized carbons (Fsp3) is 0.200. The number of para-hydroxylation sites is 1. The van der Waals surface area contributed by atoms with Crippen molar-refractivity contribution in [3.05, 3.63) is 90.3 Å². The van der Waals surface area contributed by atoms with Gasteiger partial charge in [-0.25, -0.2) is 14.4 Å². The van der Waals surface area contributed by atoms with Gasteiger partial charge in [-0.15, -0.1) is 0 Å². The molecule has 7 rings (SSSR count). The minimum absolute atomic E-state index is 0.0551. The molecule has 0 bridgehead atoms. The molecule has 178 valence electrons. The van der Waals surface area contributed by atoms with Gasteiger partial charge in [0.05, 0.1) is 11.1 Å². The number of pyridine rings is 1. The van der Waals surface area contributed by atoms with Gasteiger partial charge < -0.3 is 9.72 Å². The zero-order valence-electron chi connectivity index (χ0n) is 20.6. The van der Waals surface area contributed by atoms with Crippen LogP contribution in [0, 0.1) is 5.82 Å². The average Bonchev–Trinajstić information content (AvgIpc) is 3.55. The molecule has 1 aliphatic rings. The Hall–Kier alpha value is -4.19. The minimum atomic E-state index is -0.357. The lowest BCUT2D eigenvalue weighted by Crippen LogP contribution is -2.44. The lowest BCUT2D eigenvalue weighted by Gasteiger charge is -2.45. The summed E-state index contributed by atoms with van der Waals surface area (Å²) in [6, 6.07) is 17.4. The van der Waals surface area contributed by atoms with Gasteiger partial charge in [-0.2, -0.15) is 0 Å². The van der Waals surface area contributed by atoms with Crippen molar-refractivity contribution in [2.24, 2.45) is 0 Å². The number of rotatable bonds is 3. The highest BCUT2D eigenvalue weighted by molar-refractivity contribution is 6.13. The summed E-state index contributed by atoms with van der Waals surface area (Å²) in [7, 11) is 0. The Morgan fingerprint density at radius 1 is 0.861 bits per heavy atom. The van der Waals surface area contributed by atoms with Crippen molar-refractivity contribution in [1.29, 1.82) is 0 Å². The van der Waals surface area contributed by atoms with Crippen LogP contribution in [0.25, 0.3) is 38.7 Å². The molecule has 0 fully saturated rings. The molecule has 1 aliphatic heterocycles. The smallest absolute Gasteiger partial charge is 0.145 e. The van der Waals surface area contributed by atoms with Crippen molar-refractivity contribution in [2.45, 2.75) is 38.5 Å². The summed E-state index contributed by atoms with van der Waals surface area (Å²) in [6.07, 6.45) is 5.29. The van der Waals surface area contributed by atoms with Crippen LogP contribution in [-0.4, -0.2) is 19.4 Å². The molecular formula is C30H25FN4O. The van der Waals surface area contributed by atoms with Crippen LogP contribution in [0.1, 0.15) is 39.0 Å². The van der Waals surface area contributed by atoms with E-state index in [9.17, 15) is 4.39 Å². The number of halogens is 1. The Balaban J connectivity index is 1.44. The topological polar surface area (TPSA) is 55.2 Å². The third-order valence-electron chi connectivity index (χ3n) is 8.35.